The third-order valence-corrected chi connectivity index (χ3v) is 4.62. The molecule has 1 heterocycles. The van der Waals surface area contributed by atoms with E-state index < -0.39 is 0 Å². The lowest BCUT2D eigenvalue weighted by Crippen LogP contribution is -2.54. The van der Waals surface area contributed by atoms with Crippen molar-refractivity contribution in [1.29, 1.82) is 0 Å². The first-order valence-corrected chi connectivity index (χ1v) is 8.79. The molecule has 4 nitrogen and oxygen atoms in total. The van der Waals surface area contributed by atoms with E-state index in [0.717, 1.165) is 38.3 Å². The highest BCUT2D eigenvalue weighted by molar-refractivity contribution is 5.81. The zero-order valence-electron chi connectivity index (χ0n) is 15.0. The topological polar surface area (TPSA) is 35.6 Å². The lowest BCUT2D eigenvalue weighted by Gasteiger charge is -2.38. The first-order valence-electron chi connectivity index (χ1n) is 8.79. The van der Waals surface area contributed by atoms with E-state index in [0.29, 0.717) is 5.92 Å². The Bertz CT molecular complexity index is 481. The Morgan fingerprint density at radius 2 is 1.65 bits per heavy atom. The number of rotatable bonds is 6. The zero-order chi connectivity index (χ0) is 16.8. The van der Waals surface area contributed by atoms with E-state index >= 15 is 0 Å². The Morgan fingerprint density at radius 3 is 2.22 bits per heavy atom. The highest BCUT2D eigenvalue weighted by Gasteiger charge is 2.26. The number of carbonyl (C=O) groups is 1. The third kappa shape index (κ3) is 5.33. The molecule has 4 heteroatoms. The Morgan fingerprint density at radius 1 is 1.04 bits per heavy atom. The summed E-state index contributed by atoms with van der Waals surface area (Å²) >= 11 is 0. The standard InChI is InChI=1S/C19H31N3O/c1-15(2)14-21-10-12-22(13-11-21)17(4)19(23)20-16(3)18-8-6-5-7-9-18/h5-9,15-17H,10-14H2,1-4H3,(H,20,23). The minimum absolute atomic E-state index is 0.0494. The fourth-order valence-electron chi connectivity index (χ4n) is 3.17. The summed E-state index contributed by atoms with van der Waals surface area (Å²) in [7, 11) is 0. The van der Waals surface area contributed by atoms with Gasteiger partial charge in [0.1, 0.15) is 0 Å². The number of nitrogens with one attached hydrogen (secondary N) is 1. The molecule has 1 N–H and O–H groups in total. The summed E-state index contributed by atoms with van der Waals surface area (Å²) in [5.41, 5.74) is 1.15. The number of piperazine rings is 1. The highest BCUT2D eigenvalue weighted by atomic mass is 16.2. The van der Waals surface area contributed by atoms with Crippen LogP contribution in [0, 0.1) is 5.92 Å². The minimum atomic E-state index is -0.0673. The summed E-state index contributed by atoms with van der Waals surface area (Å²) in [4.78, 5) is 17.3. The summed E-state index contributed by atoms with van der Waals surface area (Å²) in [6.45, 7) is 13.8. The molecular weight excluding hydrogens is 286 g/mol. The van der Waals surface area contributed by atoms with Crippen molar-refractivity contribution in [2.24, 2.45) is 5.92 Å². The van der Waals surface area contributed by atoms with Gasteiger partial charge in [-0.2, -0.15) is 0 Å². The molecule has 1 amide bonds. The molecule has 1 aromatic carbocycles. The van der Waals surface area contributed by atoms with Gasteiger partial charge >= 0.3 is 0 Å². The van der Waals surface area contributed by atoms with Crippen LogP contribution in [0.2, 0.25) is 0 Å². The normalized spacial score (nSPS) is 19.5. The van der Waals surface area contributed by atoms with Crippen LogP contribution >= 0.6 is 0 Å². The molecule has 0 bridgehead atoms. The second kappa shape index (κ2) is 8.46. The number of hydrogen-bond acceptors (Lipinski definition) is 3. The van der Waals surface area contributed by atoms with E-state index in [1.165, 1.54) is 0 Å². The lowest BCUT2D eigenvalue weighted by molar-refractivity contribution is -0.127. The van der Waals surface area contributed by atoms with Crippen molar-refractivity contribution in [3.05, 3.63) is 35.9 Å². The zero-order valence-corrected chi connectivity index (χ0v) is 15.0. The molecule has 1 aromatic rings. The molecule has 1 aliphatic heterocycles. The van der Waals surface area contributed by atoms with Gasteiger partial charge < -0.3 is 10.2 Å². The first kappa shape index (κ1) is 18.0. The molecule has 0 aromatic heterocycles. The van der Waals surface area contributed by atoms with Gasteiger partial charge in [-0.05, 0) is 25.3 Å². The van der Waals surface area contributed by atoms with Crippen LogP contribution < -0.4 is 5.32 Å². The van der Waals surface area contributed by atoms with E-state index in [1.54, 1.807) is 0 Å². The average molecular weight is 317 g/mol. The maximum absolute atomic E-state index is 12.5. The molecule has 0 saturated carbocycles. The largest absolute Gasteiger partial charge is 0.348 e. The maximum atomic E-state index is 12.5. The van der Waals surface area contributed by atoms with E-state index in [1.807, 2.05) is 32.0 Å². The van der Waals surface area contributed by atoms with Gasteiger partial charge in [0, 0.05) is 32.7 Å². The van der Waals surface area contributed by atoms with E-state index in [-0.39, 0.29) is 18.0 Å². The van der Waals surface area contributed by atoms with E-state index in [9.17, 15) is 4.79 Å². The Hall–Kier alpha value is -1.39. The van der Waals surface area contributed by atoms with Gasteiger partial charge in [0.05, 0.1) is 12.1 Å². The monoisotopic (exact) mass is 317 g/mol. The van der Waals surface area contributed by atoms with Crippen LogP contribution in [0.1, 0.15) is 39.3 Å². The lowest BCUT2D eigenvalue weighted by atomic mass is 10.1. The van der Waals surface area contributed by atoms with Gasteiger partial charge in [0.2, 0.25) is 5.91 Å². The van der Waals surface area contributed by atoms with Crippen LogP contribution in [-0.2, 0) is 4.79 Å². The first-order chi connectivity index (χ1) is 11.0. The molecular formula is C19H31N3O. The summed E-state index contributed by atoms with van der Waals surface area (Å²) in [5.74, 6) is 0.827. The molecule has 2 atom stereocenters. The highest BCUT2D eigenvalue weighted by Crippen LogP contribution is 2.13. The second-order valence-electron chi connectivity index (χ2n) is 7.05. The molecule has 1 fully saturated rings. The van der Waals surface area contributed by atoms with Crippen molar-refractivity contribution in [1.82, 2.24) is 15.1 Å². The van der Waals surface area contributed by atoms with Crippen LogP contribution in [0.25, 0.3) is 0 Å². The molecule has 2 unspecified atom stereocenters. The van der Waals surface area contributed by atoms with Crippen LogP contribution in [0.15, 0.2) is 30.3 Å². The molecule has 0 spiro atoms. The predicted octanol–water partition coefficient (Wildman–Crippen LogP) is 2.53. The Balaban J connectivity index is 1.81. The number of benzene rings is 1. The fourth-order valence-corrected chi connectivity index (χ4v) is 3.17. The van der Waals surface area contributed by atoms with Crippen LogP contribution in [0.4, 0.5) is 0 Å². The van der Waals surface area contributed by atoms with Gasteiger partial charge in [-0.15, -0.1) is 0 Å². The predicted molar refractivity (Wildman–Crippen MR) is 95.3 cm³/mol. The van der Waals surface area contributed by atoms with Crippen LogP contribution in [0.5, 0.6) is 0 Å². The Kier molecular flexibility index (Phi) is 6.60. The Labute approximate surface area is 140 Å². The van der Waals surface area contributed by atoms with Crippen molar-refractivity contribution in [2.75, 3.05) is 32.7 Å². The minimum Gasteiger partial charge on any atom is -0.348 e. The van der Waals surface area contributed by atoms with Gasteiger partial charge in [-0.25, -0.2) is 0 Å². The van der Waals surface area contributed by atoms with Crippen LogP contribution in [-0.4, -0.2) is 54.5 Å². The van der Waals surface area contributed by atoms with Crippen molar-refractivity contribution in [2.45, 2.75) is 39.8 Å². The van der Waals surface area contributed by atoms with Gasteiger partial charge in [0.25, 0.3) is 0 Å². The van der Waals surface area contributed by atoms with E-state index in [4.69, 9.17) is 0 Å². The van der Waals surface area contributed by atoms with Crippen molar-refractivity contribution in [3.63, 3.8) is 0 Å². The van der Waals surface area contributed by atoms with Crippen molar-refractivity contribution in [3.8, 4) is 0 Å². The summed E-state index contributed by atoms with van der Waals surface area (Å²) in [5, 5.41) is 3.14. The second-order valence-corrected chi connectivity index (χ2v) is 7.05. The number of amides is 1. The summed E-state index contributed by atoms with van der Waals surface area (Å²) < 4.78 is 0. The van der Waals surface area contributed by atoms with Crippen molar-refractivity contribution < 1.29 is 4.79 Å². The van der Waals surface area contributed by atoms with Gasteiger partial charge in [0.15, 0.2) is 0 Å². The molecule has 1 aliphatic rings. The molecule has 0 radical (unpaired) electrons. The maximum Gasteiger partial charge on any atom is 0.237 e. The van der Waals surface area contributed by atoms with Gasteiger partial charge in [-0.1, -0.05) is 44.2 Å². The van der Waals surface area contributed by atoms with Gasteiger partial charge in [-0.3, -0.25) is 9.69 Å². The van der Waals surface area contributed by atoms with E-state index in [2.05, 4.69) is 41.1 Å². The number of hydrogen-bond donors (Lipinski definition) is 1. The number of nitrogens with zero attached hydrogens (tertiary/aromatic N) is 2. The molecule has 2 rings (SSSR count). The molecule has 23 heavy (non-hydrogen) atoms. The SMILES string of the molecule is CC(C)CN1CCN(C(C)C(=O)NC(C)c2ccccc2)CC1. The third-order valence-electron chi connectivity index (χ3n) is 4.62. The summed E-state index contributed by atoms with van der Waals surface area (Å²) in [6.07, 6.45) is 0. The summed E-state index contributed by atoms with van der Waals surface area (Å²) in [6, 6.07) is 10.1. The smallest absolute Gasteiger partial charge is 0.237 e. The van der Waals surface area contributed by atoms with Crippen molar-refractivity contribution >= 4 is 5.91 Å². The average Bonchev–Trinajstić information content (AvgIpc) is 2.55. The number of carbonyl (C=O) groups excluding carboxylic acids is 1. The molecule has 1 saturated heterocycles. The fraction of sp³-hybridized carbons (Fsp3) is 0.632. The van der Waals surface area contributed by atoms with Crippen LogP contribution in [0.3, 0.4) is 0 Å². The molecule has 128 valence electrons. The quantitative estimate of drug-likeness (QED) is 0.876. The molecule has 0 aliphatic carbocycles.